The number of hydrogen-bond acceptors (Lipinski definition) is 3. The van der Waals surface area contributed by atoms with Crippen LogP contribution in [-0.2, 0) is 0 Å². The number of unbranched alkanes of at least 4 members (excludes halogenated alkanes) is 1. The molecule has 0 aromatic heterocycles. The van der Waals surface area contributed by atoms with Gasteiger partial charge in [0.25, 0.3) is 0 Å². The Morgan fingerprint density at radius 1 is 1.00 bits per heavy atom. The maximum absolute atomic E-state index is 12.3. The summed E-state index contributed by atoms with van der Waals surface area (Å²) in [5, 5.41) is 2.33. The molecule has 0 N–H and O–H groups in total. The van der Waals surface area contributed by atoms with Gasteiger partial charge < -0.3 is 0 Å². The fourth-order valence-electron chi connectivity index (χ4n) is 2.17. The van der Waals surface area contributed by atoms with Gasteiger partial charge in [0, 0.05) is 22.5 Å². The van der Waals surface area contributed by atoms with Crippen molar-refractivity contribution in [3.05, 3.63) is 48.0 Å². The average molecular weight is 333 g/mol. The van der Waals surface area contributed by atoms with Gasteiger partial charge >= 0.3 is 0 Å². The van der Waals surface area contributed by atoms with Gasteiger partial charge in [-0.2, -0.15) is 0 Å². The summed E-state index contributed by atoms with van der Waals surface area (Å²) in [6.45, 7) is 6.69. The molecule has 0 saturated heterocycles. The zero-order valence-electron chi connectivity index (χ0n) is 13.6. The maximum atomic E-state index is 12.3. The Morgan fingerprint density at radius 2 is 1.73 bits per heavy atom. The number of carbonyl (C=O) groups is 1. The lowest BCUT2D eigenvalue weighted by atomic mass is 10.0. The highest BCUT2D eigenvalue weighted by Gasteiger charge is 2.11. The topological polar surface area (TPSA) is 17.1 Å². The normalized spacial score (nSPS) is 11.8. The number of benzene rings is 2. The number of ketones is 1. The Hall–Kier alpha value is -0.930. The van der Waals surface area contributed by atoms with Crippen molar-refractivity contribution in [2.45, 2.75) is 44.8 Å². The third-order valence-corrected chi connectivity index (χ3v) is 6.69. The summed E-state index contributed by atoms with van der Waals surface area (Å²) in [5.74, 6) is 1.38. The lowest BCUT2D eigenvalue weighted by Gasteiger charge is -2.15. The van der Waals surface area contributed by atoms with Crippen LogP contribution in [0.25, 0.3) is 10.8 Å². The van der Waals surface area contributed by atoms with Gasteiger partial charge in [0.2, 0.25) is 0 Å². The highest BCUT2D eigenvalue weighted by Crippen LogP contribution is 2.35. The van der Waals surface area contributed by atoms with Gasteiger partial charge in [-0.1, -0.05) is 78.8 Å². The van der Waals surface area contributed by atoms with Gasteiger partial charge in [0.15, 0.2) is 5.78 Å². The van der Waals surface area contributed by atoms with Crippen molar-refractivity contribution in [2.75, 3.05) is 5.75 Å². The number of Topliss-reactive ketones (excluding diaryl/α,β-unsaturated/α-hetero) is 1. The van der Waals surface area contributed by atoms with Gasteiger partial charge in [-0.25, -0.2) is 0 Å². The molecule has 2 aromatic carbocycles. The lowest BCUT2D eigenvalue weighted by Crippen LogP contribution is -2.04. The molecule has 0 spiro atoms. The summed E-state index contributed by atoms with van der Waals surface area (Å²) < 4.78 is 0.311. The Balaban J connectivity index is 1.77. The fourth-order valence-corrected chi connectivity index (χ4v) is 4.60. The largest absolute Gasteiger partial charge is 0.294 e. The first-order chi connectivity index (χ1) is 10.5. The SMILES string of the molecule is CC(C)(C)SSCCCCC(=O)c1ccc2ccccc2c1. The summed E-state index contributed by atoms with van der Waals surface area (Å²) in [5.41, 5.74) is 0.843. The molecule has 2 aromatic rings. The summed E-state index contributed by atoms with van der Waals surface area (Å²) in [4.78, 5) is 12.3. The molecular formula is C19H24OS2. The minimum Gasteiger partial charge on any atom is -0.294 e. The molecule has 1 nitrogen and oxygen atoms in total. The molecule has 0 fully saturated rings. The molecule has 0 atom stereocenters. The van der Waals surface area contributed by atoms with E-state index in [-0.39, 0.29) is 5.78 Å². The van der Waals surface area contributed by atoms with E-state index in [0.717, 1.165) is 29.5 Å². The van der Waals surface area contributed by atoms with Gasteiger partial charge in [-0.3, -0.25) is 4.79 Å². The van der Waals surface area contributed by atoms with E-state index < -0.39 is 0 Å². The predicted molar refractivity (Wildman–Crippen MR) is 102 cm³/mol. The zero-order valence-corrected chi connectivity index (χ0v) is 15.2. The molecule has 0 unspecified atom stereocenters. The molecular weight excluding hydrogens is 308 g/mol. The molecule has 0 heterocycles. The van der Waals surface area contributed by atoms with E-state index in [2.05, 4.69) is 32.9 Å². The summed E-state index contributed by atoms with van der Waals surface area (Å²) in [6, 6.07) is 14.2. The molecule has 22 heavy (non-hydrogen) atoms. The third kappa shape index (κ3) is 5.69. The van der Waals surface area contributed by atoms with Gasteiger partial charge in [-0.05, 0) is 29.7 Å². The molecule has 118 valence electrons. The molecule has 0 amide bonds. The van der Waals surface area contributed by atoms with E-state index in [1.807, 2.05) is 51.9 Å². The monoisotopic (exact) mass is 332 g/mol. The van der Waals surface area contributed by atoms with Crippen LogP contribution in [0, 0.1) is 0 Å². The molecule has 0 aliphatic carbocycles. The van der Waals surface area contributed by atoms with Gasteiger partial charge in [0.1, 0.15) is 0 Å². The Bertz CT molecular complexity index is 629. The Morgan fingerprint density at radius 3 is 2.45 bits per heavy atom. The van der Waals surface area contributed by atoms with Crippen LogP contribution in [0.2, 0.25) is 0 Å². The van der Waals surface area contributed by atoms with Crippen LogP contribution in [0.3, 0.4) is 0 Å². The van der Waals surface area contributed by atoms with Crippen molar-refractivity contribution in [1.29, 1.82) is 0 Å². The van der Waals surface area contributed by atoms with Crippen LogP contribution < -0.4 is 0 Å². The summed E-state index contributed by atoms with van der Waals surface area (Å²) >= 11 is 0. The number of hydrogen-bond donors (Lipinski definition) is 0. The molecule has 0 bridgehead atoms. The number of rotatable bonds is 7. The van der Waals surface area contributed by atoms with E-state index in [1.54, 1.807) is 0 Å². The molecule has 0 aliphatic rings. The Kier molecular flexibility index (Phi) is 6.39. The molecule has 0 saturated carbocycles. The lowest BCUT2D eigenvalue weighted by molar-refractivity contribution is 0.0980. The predicted octanol–water partition coefficient (Wildman–Crippen LogP) is 6.37. The minimum atomic E-state index is 0.263. The van der Waals surface area contributed by atoms with Crippen molar-refractivity contribution >= 4 is 38.1 Å². The molecule has 0 aliphatic heterocycles. The first kappa shape index (κ1) is 17.4. The van der Waals surface area contributed by atoms with Crippen LogP contribution >= 0.6 is 21.6 Å². The van der Waals surface area contributed by atoms with Crippen molar-refractivity contribution in [1.82, 2.24) is 0 Å². The third-order valence-electron chi connectivity index (χ3n) is 3.26. The van der Waals surface area contributed by atoms with Gasteiger partial charge in [0.05, 0.1) is 0 Å². The van der Waals surface area contributed by atoms with Crippen LogP contribution in [0.1, 0.15) is 50.4 Å². The van der Waals surface area contributed by atoms with E-state index in [9.17, 15) is 4.79 Å². The number of carbonyl (C=O) groups excluding carboxylic acids is 1. The second-order valence-corrected chi connectivity index (χ2v) is 9.70. The van der Waals surface area contributed by atoms with Crippen molar-refractivity contribution in [3.8, 4) is 0 Å². The first-order valence-corrected chi connectivity index (χ1v) is 10.1. The first-order valence-electron chi connectivity index (χ1n) is 7.78. The van der Waals surface area contributed by atoms with Crippen molar-refractivity contribution in [2.24, 2.45) is 0 Å². The quantitative estimate of drug-likeness (QED) is 0.333. The van der Waals surface area contributed by atoms with Crippen molar-refractivity contribution < 1.29 is 4.79 Å². The standard InChI is InChI=1S/C19H24OS2/c1-19(2,3)22-21-13-7-6-10-18(20)17-12-11-15-8-4-5-9-16(15)14-17/h4-5,8-9,11-12,14H,6-7,10,13H2,1-3H3. The van der Waals surface area contributed by atoms with Crippen LogP contribution in [0.4, 0.5) is 0 Å². The van der Waals surface area contributed by atoms with Crippen LogP contribution in [0.5, 0.6) is 0 Å². The zero-order chi connectivity index (χ0) is 16.0. The summed E-state index contributed by atoms with van der Waals surface area (Å²) in [6.07, 6.45) is 2.73. The maximum Gasteiger partial charge on any atom is 0.162 e. The summed E-state index contributed by atoms with van der Waals surface area (Å²) in [7, 11) is 3.84. The molecule has 2 rings (SSSR count). The minimum absolute atomic E-state index is 0.263. The number of fused-ring (bicyclic) bond motifs is 1. The molecule has 0 radical (unpaired) electrons. The van der Waals surface area contributed by atoms with E-state index >= 15 is 0 Å². The van der Waals surface area contributed by atoms with Crippen molar-refractivity contribution in [3.63, 3.8) is 0 Å². The second-order valence-electron chi connectivity index (χ2n) is 6.46. The smallest absolute Gasteiger partial charge is 0.162 e. The van der Waals surface area contributed by atoms with Crippen LogP contribution in [-0.4, -0.2) is 16.3 Å². The fraction of sp³-hybridized carbons (Fsp3) is 0.421. The van der Waals surface area contributed by atoms with Gasteiger partial charge in [-0.15, -0.1) is 0 Å². The van der Waals surface area contributed by atoms with E-state index in [4.69, 9.17) is 0 Å². The Labute approximate surface area is 141 Å². The average Bonchev–Trinajstić information content (AvgIpc) is 2.49. The van der Waals surface area contributed by atoms with E-state index in [0.29, 0.717) is 11.2 Å². The molecule has 3 heteroatoms. The second kappa shape index (κ2) is 8.07. The highest BCUT2D eigenvalue weighted by molar-refractivity contribution is 8.77. The highest BCUT2D eigenvalue weighted by atomic mass is 33.1. The van der Waals surface area contributed by atoms with E-state index in [1.165, 1.54) is 5.39 Å². The van der Waals surface area contributed by atoms with Crippen LogP contribution in [0.15, 0.2) is 42.5 Å².